The smallest absolute Gasteiger partial charge is 0.377 e. The first-order chi connectivity index (χ1) is 4.73. The molecule has 1 N–H and O–H groups in total. The first-order valence-electron chi connectivity index (χ1n) is 3.16. The minimum absolute atomic E-state index is 0.0926. The van der Waals surface area contributed by atoms with Gasteiger partial charge in [-0.05, 0) is 26.3 Å². The molecular weight excluding hydrogens is 157 g/mol. The minimum atomic E-state index is -4.59. The highest BCUT2D eigenvalue weighted by Gasteiger charge is 2.50. The monoisotopic (exact) mass is 168 g/mol. The standard InChI is InChI=1S/C7H11F3O/c1-4-5(2)6(3,11)7(8,9)10/h4,11H,1-3H3/b5-4+. The molecule has 0 fully saturated rings. The Bertz CT molecular complexity index is 167. The van der Waals surface area contributed by atoms with Crippen LogP contribution in [0.15, 0.2) is 11.6 Å². The molecule has 0 saturated heterocycles. The number of rotatable bonds is 1. The van der Waals surface area contributed by atoms with E-state index in [1.807, 2.05) is 0 Å². The number of allylic oxidation sites excluding steroid dienone is 1. The van der Waals surface area contributed by atoms with Gasteiger partial charge in [0.05, 0.1) is 0 Å². The molecule has 0 aromatic carbocycles. The minimum Gasteiger partial charge on any atom is -0.377 e. The molecule has 11 heavy (non-hydrogen) atoms. The average molecular weight is 168 g/mol. The summed E-state index contributed by atoms with van der Waals surface area (Å²) in [7, 11) is 0. The molecule has 0 aliphatic heterocycles. The largest absolute Gasteiger partial charge is 0.420 e. The molecule has 1 unspecified atom stereocenters. The van der Waals surface area contributed by atoms with Crippen molar-refractivity contribution < 1.29 is 18.3 Å². The van der Waals surface area contributed by atoms with Gasteiger partial charge < -0.3 is 5.11 Å². The maximum absolute atomic E-state index is 12.0. The number of aliphatic hydroxyl groups is 1. The fourth-order valence-electron chi connectivity index (χ4n) is 0.505. The third-order valence-corrected chi connectivity index (χ3v) is 1.75. The van der Waals surface area contributed by atoms with Crippen LogP contribution in [0.1, 0.15) is 20.8 Å². The quantitative estimate of drug-likeness (QED) is 0.595. The third-order valence-electron chi connectivity index (χ3n) is 1.75. The van der Waals surface area contributed by atoms with E-state index in [0.29, 0.717) is 0 Å². The second kappa shape index (κ2) is 2.85. The van der Waals surface area contributed by atoms with Gasteiger partial charge in [-0.25, -0.2) is 0 Å². The summed E-state index contributed by atoms with van der Waals surface area (Å²) < 4.78 is 35.9. The zero-order valence-electron chi connectivity index (χ0n) is 6.66. The van der Waals surface area contributed by atoms with Crippen LogP contribution in [-0.2, 0) is 0 Å². The predicted molar refractivity (Wildman–Crippen MR) is 36.1 cm³/mol. The van der Waals surface area contributed by atoms with Crippen LogP contribution in [0.2, 0.25) is 0 Å². The molecule has 1 atom stereocenters. The molecule has 0 amide bonds. The molecule has 66 valence electrons. The van der Waals surface area contributed by atoms with Crippen molar-refractivity contribution in [2.75, 3.05) is 0 Å². The number of hydrogen-bond acceptors (Lipinski definition) is 1. The molecule has 0 radical (unpaired) electrons. The van der Waals surface area contributed by atoms with Gasteiger partial charge in [-0.3, -0.25) is 0 Å². The number of halogens is 3. The zero-order valence-corrected chi connectivity index (χ0v) is 6.66. The lowest BCUT2D eigenvalue weighted by Crippen LogP contribution is -2.43. The summed E-state index contributed by atoms with van der Waals surface area (Å²) in [6.45, 7) is 3.44. The summed E-state index contributed by atoms with van der Waals surface area (Å²) >= 11 is 0. The van der Waals surface area contributed by atoms with E-state index < -0.39 is 11.8 Å². The van der Waals surface area contributed by atoms with Crippen molar-refractivity contribution in [3.63, 3.8) is 0 Å². The van der Waals surface area contributed by atoms with Crippen LogP contribution in [0.4, 0.5) is 13.2 Å². The lowest BCUT2D eigenvalue weighted by Gasteiger charge is -2.26. The van der Waals surface area contributed by atoms with Gasteiger partial charge >= 0.3 is 6.18 Å². The molecule has 0 bridgehead atoms. The first kappa shape index (κ1) is 10.5. The van der Waals surface area contributed by atoms with Crippen molar-refractivity contribution in [1.29, 1.82) is 0 Å². The number of alkyl halides is 3. The van der Waals surface area contributed by atoms with Gasteiger partial charge in [0.1, 0.15) is 0 Å². The van der Waals surface area contributed by atoms with Gasteiger partial charge in [0.15, 0.2) is 5.60 Å². The predicted octanol–water partition coefficient (Wildman–Crippen LogP) is 2.27. The van der Waals surface area contributed by atoms with Gasteiger partial charge in [0, 0.05) is 0 Å². The highest BCUT2D eigenvalue weighted by atomic mass is 19.4. The highest BCUT2D eigenvalue weighted by Crippen LogP contribution is 2.35. The molecule has 0 aliphatic carbocycles. The SMILES string of the molecule is C/C=C(\C)C(C)(O)C(F)(F)F. The summed E-state index contributed by atoms with van der Waals surface area (Å²) in [5.41, 5.74) is -2.79. The molecule has 0 aromatic rings. The van der Waals surface area contributed by atoms with E-state index >= 15 is 0 Å². The second-order valence-corrected chi connectivity index (χ2v) is 2.54. The average Bonchev–Trinajstić information content (AvgIpc) is 1.83. The Morgan fingerprint density at radius 2 is 1.73 bits per heavy atom. The Morgan fingerprint density at radius 3 is 1.82 bits per heavy atom. The summed E-state index contributed by atoms with van der Waals surface area (Å²) in [5.74, 6) is 0. The first-order valence-corrected chi connectivity index (χ1v) is 3.16. The van der Waals surface area contributed by atoms with E-state index in [1.165, 1.54) is 19.9 Å². The Balaban J connectivity index is 4.74. The maximum Gasteiger partial charge on any atom is 0.420 e. The molecule has 0 saturated carbocycles. The van der Waals surface area contributed by atoms with Gasteiger partial charge in [0.25, 0.3) is 0 Å². The van der Waals surface area contributed by atoms with Gasteiger partial charge in [-0.1, -0.05) is 6.08 Å². The molecule has 0 aliphatic rings. The van der Waals surface area contributed by atoms with Crippen LogP contribution in [-0.4, -0.2) is 16.9 Å². The van der Waals surface area contributed by atoms with E-state index in [1.54, 1.807) is 0 Å². The van der Waals surface area contributed by atoms with Crippen LogP contribution in [0.5, 0.6) is 0 Å². The van der Waals surface area contributed by atoms with Crippen LogP contribution in [0.25, 0.3) is 0 Å². The summed E-state index contributed by atoms with van der Waals surface area (Å²) in [6.07, 6.45) is -3.35. The van der Waals surface area contributed by atoms with E-state index in [-0.39, 0.29) is 5.57 Å². The van der Waals surface area contributed by atoms with E-state index in [4.69, 9.17) is 5.11 Å². The third kappa shape index (κ3) is 1.96. The molecule has 0 heterocycles. The van der Waals surface area contributed by atoms with Crippen molar-refractivity contribution >= 4 is 0 Å². The fraction of sp³-hybridized carbons (Fsp3) is 0.714. The van der Waals surface area contributed by atoms with Crippen molar-refractivity contribution in [3.8, 4) is 0 Å². The summed E-state index contributed by atoms with van der Waals surface area (Å²) in [5, 5.41) is 8.93. The highest BCUT2D eigenvalue weighted by molar-refractivity contribution is 5.14. The van der Waals surface area contributed by atoms with Crippen molar-refractivity contribution in [3.05, 3.63) is 11.6 Å². The van der Waals surface area contributed by atoms with Crippen LogP contribution >= 0.6 is 0 Å². The Kier molecular flexibility index (Phi) is 2.72. The van der Waals surface area contributed by atoms with E-state index in [9.17, 15) is 13.2 Å². The van der Waals surface area contributed by atoms with Crippen molar-refractivity contribution in [2.24, 2.45) is 0 Å². The maximum atomic E-state index is 12.0. The normalized spacial score (nSPS) is 19.7. The van der Waals surface area contributed by atoms with Gasteiger partial charge in [0.2, 0.25) is 0 Å². The van der Waals surface area contributed by atoms with Crippen molar-refractivity contribution in [2.45, 2.75) is 32.5 Å². The molecular formula is C7H11F3O. The Morgan fingerprint density at radius 1 is 1.36 bits per heavy atom. The summed E-state index contributed by atoms with van der Waals surface area (Å²) in [4.78, 5) is 0. The lowest BCUT2D eigenvalue weighted by molar-refractivity contribution is -0.236. The fourth-order valence-corrected chi connectivity index (χ4v) is 0.505. The molecule has 1 nitrogen and oxygen atoms in total. The van der Waals surface area contributed by atoms with E-state index in [0.717, 1.165) is 6.92 Å². The van der Waals surface area contributed by atoms with Crippen LogP contribution in [0, 0.1) is 0 Å². The molecule has 0 rings (SSSR count). The van der Waals surface area contributed by atoms with Gasteiger partial charge in [-0.15, -0.1) is 0 Å². The van der Waals surface area contributed by atoms with Gasteiger partial charge in [-0.2, -0.15) is 13.2 Å². The van der Waals surface area contributed by atoms with Crippen LogP contribution in [0.3, 0.4) is 0 Å². The van der Waals surface area contributed by atoms with E-state index in [2.05, 4.69) is 0 Å². The zero-order chi connectivity index (χ0) is 9.28. The molecule has 4 heteroatoms. The second-order valence-electron chi connectivity index (χ2n) is 2.54. The Hall–Kier alpha value is -0.510. The Labute approximate surface area is 63.5 Å². The molecule has 0 aromatic heterocycles. The summed E-state index contributed by atoms with van der Waals surface area (Å²) in [6, 6.07) is 0. The topological polar surface area (TPSA) is 20.2 Å². The van der Waals surface area contributed by atoms with Crippen molar-refractivity contribution in [1.82, 2.24) is 0 Å². The van der Waals surface area contributed by atoms with Crippen LogP contribution < -0.4 is 0 Å². The number of hydrogen-bond donors (Lipinski definition) is 1. The lowest BCUT2D eigenvalue weighted by atomic mass is 9.97. The molecule has 0 spiro atoms.